The molecule has 0 atom stereocenters. The molecule has 0 saturated heterocycles. The van der Waals surface area contributed by atoms with Gasteiger partial charge in [-0.25, -0.2) is 4.39 Å². The maximum atomic E-state index is 12.6. The van der Waals surface area contributed by atoms with Gasteiger partial charge in [0.15, 0.2) is 0 Å². The third kappa shape index (κ3) is 1.77. The van der Waals surface area contributed by atoms with Gasteiger partial charge in [0.25, 0.3) is 0 Å². The van der Waals surface area contributed by atoms with Crippen molar-refractivity contribution in [1.82, 2.24) is 5.34 Å². The van der Waals surface area contributed by atoms with Gasteiger partial charge in [-0.15, -0.1) is 0 Å². The molecule has 0 unspecified atom stereocenters. The standard InChI is InChI=1S/C7H4F5N/c8-6-4-2-1-3-5(6)7(9,10)13(11)12/h1-4H. The Bertz CT molecular complexity index is 299. The Labute approximate surface area is 70.3 Å². The van der Waals surface area contributed by atoms with Crippen LogP contribution in [0.4, 0.5) is 22.1 Å². The highest BCUT2D eigenvalue weighted by Gasteiger charge is 2.43. The summed E-state index contributed by atoms with van der Waals surface area (Å²) < 4.78 is 60.7. The maximum absolute atomic E-state index is 12.6. The van der Waals surface area contributed by atoms with Gasteiger partial charge in [-0.05, 0) is 12.1 Å². The van der Waals surface area contributed by atoms with Crippen LogP contribution in [0.1, 0.15) is 5.56 Å². The first-order chi connectivity index (χ1) is 5.96. The predicted octanol–water partition coefficient (Wildman–Crippen LogP) is 2.95. The van der Waals surface area contributed by atoms with Gasteiger partial charge in [0, 0.05) is 0 Å². The molecule has 13 heavy (non-hydrogen) atoms. The van der Waals surface area contributed by atoms with Crippen molar-refractivity contribution in [2.24, 2.45) is 0 Å². The van der Waals surface area contributed by atoms with Gasteiger partial charge in [0.2, 0.25) is 0 Å². The molecule has 6 heteroatoms. The molecular formula is C7H4F5N. The highest BCUT2D eigenvalue weighted by Crippen LogP contribution is 2.34. The zero-order valence-electron chi connectivity index (χ0n) is 6.15. The van der Waals surface area contributed by atoms with Crippen LogP contribution in [0.15, 0.2) is 24.3 Å². The third-order valence-corrected chi connectivity index (χ3v) is 1.41. The Hall–Kier alpha value is -1.17. The Kier molecular flexibility index (Phi) is 2.51. The molecule has 0 aromatic heterocycles. The fourth-order valence-electron chi connectivity index (χ4n) is 0.796. The molecule has 0 fully saturated rings. The number of hydrogen-bond donors (Lipinski definition) is 0. The monoisotopic (exact) mass is 197 g/mol. The van der Waals surface area contributed by atoms with Crippen LogP contribution < -0.4 is 0 Å². The fraction of sp³-hybridized carbons (Fsp3) is 0.143. The average Bonchev–Trinajstić information content (AvgIpc) is 2.04. The van der Waals surface area contributed by atoms with Crippen LogP contribution >= 0.6 is 0 Å². The van der Waals surface area contributed by atoms with Gasteiger partial charge in [-0.3, -0.25) is 0 Å². The SMILES string of the molecule is Fc1ccccc1C(F)(F)N(F)F. The van der Waals surface area contributed by atoms with Crippen molar-refractivity contribution in [2.75, 3.05) is 0 Å². The van der Waals surface area contributed by atoms with Crippen molar-refractivity contribution in [3.63, 3.8) is 0 Å². The van der Waals surface area contributed by atoms with Crippen molar-refractivity contribution in [3.8, 4) is 0 Å². The number of nitrogens with zero attached hydrogens (tertiary/aromatic N) is 1. The Balaban J connectivity index is 3.14. The zero-order chi connectivity index (χ0) is 10.1. The Morgan fingerprint density at radius 2 is 1.62 bits per heavy atom. The summed E-state index contributed by atoms with van der Waals surface area (Å²) in [5.41, 5.74) is -1.35. The summed E-state index contributed by atoms with van der Waals surface area (Å²) in [6.45, 7) is 0. The molecular weight excluding hydrogens is 193 g/mol. The van der Waals surface area contributed by atoms with Crippen molar-refractivity contribution >= 4 is 0 Å². The topological polar surface area (TPSA) is 3.24 Å². The second kappa shape index (κ2) is 3.29. The number of hydrogen-bond acceptors (Lipinski definition) is 1. The minimum absolute atomic E-state index is 0.599. The Morgan fingerprint density at radius 1 is 1.08 bits per heavy atom. The summed E-state index contributed by atoms with van der Waals surface area (Å²) in [5.74, 6) is -1.37. The van der Waals surface area contributed by atoms with Crippen LogP contribution in [0.25, 0.3) is 0 Å². The van der Waals surface area contributed by atoms with Crippen molar-refractivity contribution in [2.45, 2.75) is 6.05 Å². The lowest BCUT2D eigenvalue weighted by Gasteiger charge is -2.15. The van der Waals surface area contributed by atoms with Crippen LogP contribution in [-0.2, 0) is 6.05 Å². The summed E-state index contributed by atoms with van der Waals surface area (Å²) in [7, 11) is 0. The molecule has 0 bridgehead atoms. The van der Waals surface area contributed by atoms with Crippen LogP contribution in [0.3, 0.4) is 0 Å². The summed E-state index contributed by atoms with van der Waals surface area (Å²) in [5, 5.41) is -2.33. The molecule has 0 N–H and O–H groups in total. The molecule has 0 saturated carbocycles. The van der Waals surface area contributed by atoms with Gasteiger partial charge >= 0.3 is 6.05 Å². The lowest BCUT2D eigenvalue weighted by Crippen LogP contribution is -2.27. The van der Waals surface area contributed by atoms with Crippen LogP contribution in [-0.4, -0.2) is 5.34 Å². The van der Waals surface area contributed by atoms with Crippen LogP contribution in [0.5, 0.6) is 0 Å². The molecule has 0 heterocycles. The minimum Gasteiger partial charge on any atom is -0.206 e. The van der Waals surface area contributed by atoms with Gasteiger partial charge in [0.1, 0.15) is 5.82 Å². The minimum atomic E-state index is -4.59. The second-order valence-corrected chi connectivity index (χ2v) is 2.25. The van der Waals surface area contributed by atoms with Crippen molar-refractivity contribution < 1.29 is 22.1 Å². The van der Waals surface area contributed by atoms with E-state index >= 15 is 0 Å². The molecule has 1 rings (SSSR count). The molecule has 1 aromatic rings. The first kappa shape index (κ1) is 9.91. The summed E-state index contributed by atoms with van der Waals surface area (Å²) in [4.78, 5) is 0. The summed E-state index contributed by atoms with van der Waals surface area (Å²) in [6, 6.07) is -1.12. The number of rotatable bonds is 2. The smallest absolute Gasteiger partial charge is 0.206 e. The highest BCUT2D eigenvalue weighted by molar-refractivity contribution is 5.20. The van der Waals surface area contributed by atoms with E-state index in [0.717, 1.165) is 12.1 Å². The fourth-order valence-corrected chi connectivity index (χ4v) is 0.796. The molecule has 0 spiro atoms. The largest absolute Gasteiger partial charge is 0.387 e. The van der Waals surface area contributed by atoms with E-state index in [1.807, 2.05) is 0 Å². The first-order valence-electron chi connectivity index (χ1n) is 3.21. The molecule has 72 valence electrons. The second-order valence-electron chi connectivity index (χ2n) is 2.25. The van der Waals surface area contributed by atoms with E-state index in [1.54, 1.807) is 0 Å². The van der Waals surface area contributed by atoms with Crippen molar-refractivity contribution in [1.29, 1.82) is 0 Å². The predicted molar refractivity (Wildman–Crippen MR) is 34.3 cm³/mol. The van der Waals surface area contributed by atoms with Gasteiger partial charge in [0.05, 0.1) is 10.9 Å². The molecule has 1 nitrogen and oxygen atoms in total. The van der Waals surface area contributed by atoms with Crippen LogP contribution in [0.2, 0.25) is 0 Å². The molecule has 0 aliphatic rings. The molecule has 0 amide bonds. The third-order valence-electron chi connectivity index (χ3n) is 1.41. The van der Waals surface area contributed by atoms with Crippen molar-refractivity contribution in [3.05, 3.63) is 35.6 Å². The van der Waals surface area contributed by atoms with Gasteiger partial charge in [-0.2, -0.15) is 8.78 Å². The van der Waals surface area contributed by atoms with E-state index in [0.29, 0.717) is 12.1 Å². The first-order valence-corrected chi connectivity index (χ1v) is 3.21. The summed E-state index contributed by atoms with van der Waals surface area (Å²) in [6.07, 6.45) is 0. The van der Waals surface area contributed by atoms with E-state index in [-0.39, 0.29) is 0 Å². The molecule has 0 aliphatic carbocycles. The van der Waals surface area contributed by atoms with E-state index in [9.17, 15) is 22.1 Å². The van der Waals surface area contributed by atoms with Gasteiger partial charge < -0.3 is 0 Å². The summed E-state index contributed by atoms with van der Waals surface area (Å²) >= 11 is 0. The number of halogens is 5. The average molecular weight is 197 g/mol. The zero-order valence-corrected chi connectivity index (χ0v) is 6.15. The lowest BCUT2D eigenvalue weighted by molar-refractivity contribution is -0.341. The van der Waals surface area contributed by atoms with E-state index in [2.05, 4.69) is 0 Å². The van der Waals surface area contributed by atoms with E-state index < -0.39 is 22.8 Å². The van der Waals surface area contributed by atoms with Crippen LogP contribution in [0, 0.1) is 5.82 Å². The lowest BCUT2D eigenvalue weighted by atomic mass is 10.2. The van der Waals surface area contributed by atoms with Gasteiger partial charge in [-0.1, -0.05) is 21.1 Å². The van der Waals surface area contributed by atoms with E-state index in [1.165, 1.54) is 0 Å². The van der Waals surface area contributed by atoms with E-state index in [4.69, 9.17) is 0 Å². The maximum Gasteiger partial charge on any atom is 0.387 e. The molecule has 0 radical (unpaired) electrons. The molecule has 1 aromatic carbocycles. The Morgan fingerprint density at radius 3 is 2.08 bits per heavy atom. The number of benzene rings is 1. The quantitative estimate of drug-likeness (QED) is 0.400. The molecule has 0 aliphatic heterocycles. The normalized spacial score (nSPS) is 12.2. The number of alkyl halides is 2. The highest BCUT2D eigenvalue weighted by atomic mass is 19.4.